The van der Waals surface area contributed by atoms with Gasteiger partial charge in [0.2, 0.25) is 5.91 Å². The zero-order valence-electron chi connectivity index (χ0n) is 20.3. The fourth-order valence-corrected chi connectivity index (χ4v) is 9.45. The predicted molar refractivity (Wildman–Crippen MR) is 138 cm³/mol. The molecule has 4 rings (SSSR count). The lowest BCUT2D eigenvalue weighted by Crippen LogP contribution is -2.51. The van der Waals surface area contributed by atoms with Crippen molar-refractivity contribution in [3.63, 3.8) is 0 Å². The Hall–Kier alpha value is -2.69. The molecule has 1 aliphatic rings. The molecule has 4 heteroatoms. The monoisotopic (exact) mass is 457 g/mol. The second kappa shape index (κ2) is 8.92. The van der Waals surface area contributed by atoms with Crippen molar-refractivity contribution in [2.45, 2.75) is 57.1 Å². The molecular formula is C29H35NO2Si. The van der Waals surface area contributed by atoms with Crippen LogP contribution in [-0.4, -0.2) is 29.5 Å². The van der Waals surface area contributed by atoms with Gasteiger partial charge in [0.25, 0.3) is 0 Å². The van der Waals surface area contributed by atoms with Crippen molar-refractivity contribution < 1.29 is 9.90 Å². The molecular weight excluding hydrogens is 422 g/mol. The molecule has 0 aliphatic carbocycles. The standard InChI is InChI=1S/C29H35NO2Si/c1-29(2,3)30-25(21-15-9-6-10-16-21)27(33(4,5)23-19-13-8-14-20-23)24(28(30)32)26(31)22-17-11-7-12-18-22/h6-20,24-27,31H,1-5H3/t24-,25+,26+,27-/m0/s1. The van der Waals surface area contributed by atoms with Crippen LogP contribution in [-0.2, 0) is 4.79 Å². The summed E-state index contributed by atoms with van der Waals surface area (Å²) in [6.07, 6.45) is -0.849. The zero-order valence-corrected chi connectivity index (χ0v) is 21.3. The third kappa shape index (κ3) is 4.30. The number of hydrogen-bond donors (Lipinski definition) is 1. The van der Waals surface area contributed by atoms with Gasteiger partial charge in [-0.1, -0.05) is 109 Å². The van der Waals surface area contributed by atoms with Crippen LogP contribution in [0.15, 0.2) is 91.0 Å². The maximum Gasteiger partial charge on any atom is 0.229 e. The first kappa shape index (κ1) is 23.5. The first-order chi connectivity index (χ1) is 15.6. The topological polar surface area (TPSA) is 40.5 Å². The number of carbonyl (C=O) groups is 1. The molecule has 0 saturated carbocycles. The molecule has 1 heterocycles. The minimum Gasteiger partial charge on any atom is -0.388 e. The highest BCUT2D eigenvalue weighted by Crippen LogP contribution is 2.56. The summed E-state index contributed by atoms with van der Waals surface area (Å²) in [5.41, 5.74) is 1.58. The highest BCUT2D eigenvalue weighted by Gasteiger charge is 2.59. The molecule has 0 bridgehead atoms. The molecule has 4 atom stereocenters. The summed E-state index contributed by atoms with van der Waals surface area (Å²) in [5.74, 6) is -0.451. The van der Waals surface area contributed by atoms with E-state index in [1.54, 1.807) is 0 Å². The van der Waals surface area contributed by atoms with Gasteiger partial charge in [0.1, 0.15) is 0 Å². The smallest absolute Gasteiger partial charge is 0.229 e. The Balaban J connectivity index is 1.95. The van der Waals surface area contributed by atoms with E-state index >= 15 is 0 Å². The number of likely N-dealkylation sites (tertiary alicyclic amines) is 1. The van der Waals surface area contributed by atoms with E-state index in [2.05, 4.69) is 87.3 Å². The van der Waals surface area contributed by atoms with Gasteiger partial charge in [-0.3, -0.25) is 4.79 Å². The third-order valence-electron chi connectivity index (χ3n) is 7.22. The molecule has 0 radical (unpaired) electrons. The summed E-state index contributed by atoms with van der Waals surface area (Å²) in [6, 6.07) is 30.6. The second-order valence-electron chi connectivity index (χ2n) is 10.7. The fourth-order valence-electron chi connectivity index (χ4n) is 5.66. The van der Waals surface area contributed by atoms with Gasteiger partial charge in [0.15, 0.2) is 0 Å². The predicted octanol–water partition coefficient (Wildman–Crippen LogP) is 5.70. The van der Waals surface area contributed by atoms with Gasteiger partial charge in [-0.15, -0.1) is 0 Å². The Bertz CT molecular complexity index is 1080. The van der Waals surface area contributed by atoms with Crippen LogP contribution in [0.5, 0.6) is 0 Å². The summed E-state index contributed by atoms with van der Waals surface area (Å²) in [5, 5.41) is 13.0. The van der Waals surface area contributed by atoms with Gasteiger partial charge in [0.05, 0.1) is 26.1 Å². The SMILES string of the molecule is CC(C)(C)N1C(=O)[C@@H]([C@H](O)c2ccccc2)[C@H]([Si](C)(C)c2ccccc2)[C@H]1c1ccccc1. The average Bonchev–Trinajstić information content (AvgIpc) is 3.14. The Morgan fingerprint density at radius 3 is 1.82 bits per heavy atom. The summed E-state index contributed by atoms with van der Waals surface area (Å²) in [4.78, 5) is 16.3. The molecule has 1 aliphatic heterocycles. The van der Waals surface area contributed by atoms with Crippen molar-refractivity contribution in [2.24, 2.45) is 5.92 Å². The molecule has 1 fully saturated rings. The first-order valence-corrected chi connectivity index (χ1v) is 14.9. The lowest BCUT2D eigenvalue weighted by atomic mass is 9.90. The Morgan fingerprint density at radius 2 is 1.30 bits per heavy atom. The minimum absolute atomic E-state index is 0.00392. The highest BCUT2D eigenvalue weighted by atomic mass is 28.3. The van der Waals surface area contributed by atoms with Crippen LogP contribution in [0.25, 0.3) is 0 Å². The van der Waals surface area contributed by atoms with Crippen LogP contribution in [0.4, 0.5) is 0 Å². The van der Waals surface area contributed by atoms with Crippen LogP contribution in [0.3, 0.4) is 0 Å². The van der Waals surface area contributed by atoms with E-state index in [-0.39, 0.29) is 23.0 Å². The van der Waals surface area contributed by atoms with Crippen molar-refractivity contribution in [2.75, 3.05) is 0 Å². The van der Waals surface area contributed by atoms with Crippen LogP contribution < -0.4 is 5.19 Å². The Morgan fingerprint density at radius 1 is 0.818 bits per heavy atom. The van der Waals surface area contributed by atoms with E-state index in [4.69, 9.17) is 0 Å². The molecule has 1 saturated heterocycles. The van der Waals surface area contributed by atoms with Crippen molar-refractivity contribution in [3.8, 4) is 0 Å². The summed E-state index contributed by atoms with van der Waals surface area (Å²) < 4.78 is 0. The van der Waals surface area contributed by atoms with E-state index in [1.807, 2.05) is 42.5 Å². The van der Waals surface area contributed by atoms with E-state index < -0.39 is 20.1 Å². The molecule has 0 unspecified atom stereocenters. The number of carbonyl (C=O) groups excluding carboxylic acids is 1. The van der Waals surface area contributed by atoms with Gasteiger partial charge < -0.3 is 10.0 Å². The zero-order chi connectivity index (χ0) is 23.8. The number of nitrogens with zero attached hydrogens (tertiary/aromatic N) is 1. The summed E-state index contributed by atoms with van der Waals surface area (Å²) in [7, 11) is -2.24. The van der Waals surface area contributed by atoms with Crippen LogP contribution in [0.2, 0.25) is 18.6 Å². The van der Waals surface area contributed by atoms with Gasteiger partial charge in [-0.05, 0) is 37.4 Å². The van der Waals surface area contributed by atoms with Crippen molar-refractivity contribution in [1.29, 1.82) is 0 Å². The van der Waals surface area contributed by atoms with E-state index in [0.717, 1.165) is 11.1 Å². The molecule has 33 heavy (non-hydrogen) atoms. The number of rotatable bonds is 5. The normalized spacial score (nSPS) is 22.4. The number of aliphatic hydroxyl groups excluding tert-OH is 1. The molecule has 3 aromatic rings. The molecule has 3 aromatic carbocycles. The van der Waals surface area contributed by atoms with Crippen molar-refractivity contribution in [3.05, 3.63) is 102 Å². The number of aliphatic hydroxyl groups is 1. The van der Waals surface area contributed by atoms with Crippen LogP contribution >= 0.6 is 0 Å². The fraction of sp³-hybridized carbons (Fsp3) is 0.345. The minimum atomic E-state index is -2.24. The molecule has 1 N–H and O–H groups in total. The van der Waals surface area contributed by atoms with Gasteiger partial charge in [0, 0.05) is 5.54 Å². The lowest BCUT2D eigenvalue weighted by Gasteiger charge is -2.42. The quantitative estimate of drug-likeness (QED) is 0.499. The summed E-state index contributed by atoms with van der Waals surface area (Å²) >= 11 is 0. The second-order valence-corrected chi connectivity index (χ2v) is 15.4. The molecule has 0 aromatic heterocycles. The third-order valence-corrected chi connectivity index (χ3v) is 11.4. The number of hydrogen-bond acceptors (Lipinski definition) is 2. The first-order valence-electron chi connectivity index (χ1n) is 11.8. The maximum absolute atomic E-state index is 14.2. The largest absolute Gasteiger partial charge is 0.388 e. The molecule has 3 nitrogen and oxygen atoms in total. The van der Waals surface area contributed by atoms with Crippen LogP contribution in [0, 0.1) is 5.92 Å². The van der Waals surface area contributed by atoms with Gasteiger partial charge >= 0.3 is 0 Å². The average molecular weight is 458 g/mol. The van der Waals surface area contributed by atoms with Crippen molar-refractivity contribution >= 4 is 19.2 Å². The van der Waals surface area contributed by atoms with Gasteiger partial charge in [-0.25, -0.2) is 0 Å². The molecule has 0 spiro atoms. The Kier molecular flexibility index (Phi) is 6.34. The Labute approximate surface area is 199 Å². The molecule has 172 valence electrons. The number of amides is 1. The lowest BCUT2D eigenvalue weighted by molar-refractivity contribution is -0.139. The van der Waals surface area contributed by atoms with Crippen molar-refractivity contribution in [1.82, 2.24) is 4.90 Å². The highest BCUT2D eigenvalue weighted by molar-refractivity contribution is 6.91. The molecule has 1 amide bonds. The summed E-state index contributed by atoms with van der Waals surface area (Å²) in [6.45, 7) is 11.0. The van der Waals surface area contributed by atoms with Crippen LogP contribution in [0.1, 0.15) is 44.0 Å². The number of benzene rings is 3. The van der Waals surface area contributed by atoms with E-state index in [0.29, 0.717) is 0 Å². The van der Waals surface area contributed by atoms with E-state index in [9.17, 15) is 9.90 Å². The maximum atomic E-state index is 14.2. The van der Waals surface area contributed by atoms with Gasteiger partial charge in [-0.2, -0.15) is 0 Å². The van der Waals surface area contributed by atoms with E-state index in [1.165, 1.54) is 5.19 Å².